The van der Waals surface area contributed by atoms with Crippen molar-refractivity contribution in [1.82, 2.24) is 0 Å². The molecule has 3 nitrogen and oxygen atoms in total. The van der Waals surface area contributed by atoms with Crippen molar-refractivity contribution in [2.45, 2.75) is 83.7 Å². The zero-order chi connectivity index (χ0) is 27.3. The molecule has 9 heteroatoms. The van der Waals surface area contributed by atoms with Gasteiger partial charge in [-0.15, -0.1) is 0 Å². The molecule has 0 aromatic heterocycles. The van der Waals surface area contributed by atoms with Crippen LogP contribution in [0.5, 0.6) is 5.75 Å². The van der Waals surface area contributed by atoms with E-state index in [0.29, 0.717) is 18.2 Å². The molecule has 0 heterocycles. The van der Waals surface area contributed by atoms with Gasteiger partial charge in [0.05, 0.1) is 17.9 Å². The summed E-state index contributed by atoms with van der Waals surface area (Å²) in [5.41, 5.74) is -0.581. The average Bonchev–Trinajstić information content (AvgIpc) is 2.79. The van der Waals surface area contributed by atoms with Crippen molar-refractivity contribution >= 4 is 16.7 Å². The summed E-state index contributed by atoms with van der Waals surface area (Å²) in [6, 6.07) is 7.76. The van der Waals surface area contributed by atoms with E-state index in [-0.39, 0.29) is 54.1 Å². The van der Waals surface area contributed by atoms with Gasteiger partial charge in [-0.3, -0.25) is 4.79 Å². The Labute approximate surface area is 212 Å². The molecule has 4 rings (SSSR count). The van der Waals surface area contributed by atoms with Gasteiger partial charge in [-0.1, -0.05) is 45.0 Å². The molecule has 2 saturated carbocycles. The van der Waals surface area contributed by atoms with Gasteiger partial charge in [0.15, 0.2) is 0 Å². The molecule has 0 aliphatic heterocycles. The molecule has 204 valence electrons. The van der Waals surface area contributed by atoms with Gasteiger partial charge >= 0.3 is 18.3 Å². The van der Waals surface area contributed by atoms with Crippen LogP contribution in [-0.2, 0) is 11.0 Å². The van der Waals surface area contributed by atoms with Gasteiger partial charge in [0.1, 0.15) is 11.3 Å². The molecule has 37 heavy (non-hydrogen) atoms. The van der Waals surface area contributed by atoms with E-state index in [4.69, 9.17) is 4.74 Å². The third-order valence-corrected chi connectivity index (χ3v) is 8.70. The molecule has 3 atom stereocenters. The summed E-state index contributed by atoms with van der Waals surface area (Å²) in [4.78, 5) is 11.4. The highest BCUT2D eigenvalue weighted by atomic mass is 19.4. The quantitative estimate of drug-likeness (QED) is 0.381. The first-order chi connectivity index (χ1) is 17.1. The molecule has 0 unspecified atom stereocenters. The number of ether oxygens (including phenoxy) is 1. The topological polar surface area (TPSA) is 46.5 Å². The van der Waals surface area contributed by atoms with E-state index in [1.807, 2.05) is 20.8 Å². The van der Waals surface area contributed by atoms with Gasteiger partial charge in [-0.2, -0.15) is 26.3 Å². The molecule has 0 saturated heterocycles. The number of hydrogen-bond acceptors (Lipinski definition) is 2. The first-order valence-electron chi connectivity index (χ1n) is 12.7. The van der Waals surface area contributed by atoms with Crippen molar-refractivity contribution in [2.75, 3.05) is 0 Å². The monoisotopic (exact) mass is 530 g/mol. The fourth-order valence-corrected chi connectivity index (χ4v) is 6.10. The molecular weight excluding hydrogens is 498 g/mol. The van der Waals surface area contributed by atoms with E-state index < -0.39 is 41.8 Å². The van der Waals surface area contributed by atoms with Crippen LogP contribution < -0.4 is 4.74 Å². The maximum atomic E-state index is 14.3. The predicted molar refractivity (Wildman–Crippen MR) is 127 cm³/mol. The number of alkyl halides is 6. The largest absolute Gasteiger partial charge is 0.490 e. The van der Waals surface area contributed by atoms with Crippen molar-refractivity contribution < 1.29 is 41.0 Å². The average molecular weight is 531 g/mol. The van der Waals surface area contributed by atoms with Crippen LogP contribution in [0.3, 0.4) is 0 Å². The van der Waals surface area contributed by atoms with Crippen LogP contribution in [0.1, 0.15) is 76.3 Å². The lowest BCUT2D eigenvalue weighted by molar-refractivity contribution is -0.185. The van der Waals surface area contributed by atoms with Gasteiger partial charge in [0.25, 0.3) is 0 Å². The highest BCUT2D eigenvalue weighted by molar-refractivity contribution is 5.89. The van der Waals surface area contributed by atoms with Crippen LogP contribution in [0.4, 0.5) is 26.3 Å². The number of benzene rings is 2. The maximum absolute atomic E-state index is 14.3. The molecule has 1 N–H and O–H groups in total. The van der Waals surface area contributed by atoms with Gasteiger partial charge in [-0.05, 0) is 78.2 Å². The Morgan fingerprint density at radius 3 is 2.22 bits per heavy atom. The minimum atomic E-state index is -4.72. The summed E-state index contributed by atoms with van der Waals surface area (Å²) < 4.78 is 87.5. The molecule has 0 bridgehead atoms. The number of carboxylic acid groups (broad SMARTS) is 1. The van der Waals surface area contributed by atoms with Gasteiger partial charge in [0, 0.05) is 0 Å². The van der Waals surface area contributed by atoms with Crippen LogP contribution in [-0.4, -0.2) is 23.4 Å². The van der Waals surface area contributed by atoms with Crippen LogP contribution in [0.2, 0.25) is 0 Å². The van der Waals surface area contributed by atoms with Crippen molar-refractivity contribution in [3.8, 4) is 5.75 Å². The van der Waals surface area contributed by atoms with E-state index in [2.05, 4.69) is 0 Å². The number of hydrogen-bond donors (Lipinski definition) is 1. The lowest BCUT2D eigenvalue weighted by atomic mass is 9.53. The highest BCUT2D eigenvalue weighted by Crippen LogP contribution is 2.55. The maximum Gasteiger partial charge on any atom is 0.420 e. The normalized spacial score (nSPS) is 26.9. The summed E-state index contributed by atoms with van der Waals surface area (Å²) in [7, 11) is 0. The summed E-state index contributed by atoms with van der Waals surface area (Å²) in [6.07, 6.45) is -8.76. The van der Waals surface area contributed by atoms with E-state index in [1.54, 1.807) is 18.2 Å². The smallest absolute Gasteiger partial charge is 0.420 e. The number of fused-ring (bicyclic) bond motifs is 1. The second-order valence-electron chi connectivity index (χ2n) is 11.3. The van der Waals surface area contributed by atoms with Gasteiger partial charge in [-0.25, -0.2) is 0 Å². The van der Waals surface area contributed by atoms with Crippen molar-refractivity contribution in [2.24, 2.45) is 23.2 Å². The lowest BCUT2D eigenvalue weighted by Crippen LogP contribution is -2.49. The van der Waals surface area contributed by atoms with E-state index in [9.17, 15) is 36.2 Å². The molecule has 2 fully saturated rings. The SMILES string of the molecule is C[C@@H](C[C@@H]1C[C@@H](C(=O)O)C1(C)C)c1ccc2ccc(OC3CCC(C(F)(F)F)CC3)c(C(F)(F)F)c2c1. The number of carbonyl (C=O) groups is 1. The Balaban J connectivity index is 1.58. The molecule has 2 aliphatic rings. The lowest BCUT2D eigenvalue weighted by Gasteiger charge is -2.51. The van der Waals surface area contributed by atoms with Gasteiger partial charge < -0.3 is 9.84 Å². The first-order valence-corrected chi connectivity index (χ1v) is 12.7. The molecule has 2 aliphatic carbocycles. The van der Waals surface area contributed by atoms with Crippen LogP contribution in [0, 0.1) is 23.2 Å². The third-order valence-electron chi connectivity index (χ3n) is 8.70. The zero-order valence-corrected chi connectivity index (χ0v) is 21.0. The van der Waals surface area contributed by atoms with Crippen molar-refractivity contribution in [3.05, 3.63) is 41.5 Å². The number of halogens is 6. The van der Waals surface area contributed by atoms with E-state index in [0.717, 1.165) is 5.56 Å². The molecule has 2 aromatic rings. The zero-order valence-electron chi connectivity index (χ0n) is 21.0. The fraction of sp³-hybridized carbons (Fsp3) is 0.607. The van der Waals surface area contributed by atoms with Crippen LogP contribution >= 0.6 is 0 Å². The summed E-state index contributed by atoms with van der Waals surface area (Å²) in [5.74, 6) is -3.00. The fourth-order valence-electron chi connectivity index (χ4n) is 6.10. The summed E-state index contributed by atoms with van der Waals surface area (Å²) in [6.45, 7) is 5.76. The van der Waals surface area contributed by atoms with Crippen molar-refractivity contribution in [3.63, 3.8) is 0 Å². The Morgan fingerprint density at radius 1 is 1.05 bits per heavy atom. The highest BCUT2D eigenvalue weighted by Gasteiger charge is 2.52. The second-order valence-corrected chi connectivity index (χ2v) is 11.3. The molecule has 0 spiro atoms. The first kappa shape index (κ1) is 27.6. The number of carboxylic acids is 1. The third kappa shape index (κ3) is 5.55. The summed E-state index contributed by atoms with van der Waals surface area (Å²) in [5, 5.41) is 9.78. The number of aliphatic carboxylic acids is 1. The minimum absolute atomic E-state index is 0.00499. The standard InChI is InChI=1S/C28H32F6O3/c1-15(12-19-14-22(25(35)36)26(19,2)3)17-5-4-16-6-11-23(24(21(16)13-17)28(32,33)34)37-20-9-7-18(8-10-20)27(29,30)31/h4-6,11,13,15,18-20,22H,7-10,12,14H2,1-3H3,(H,35,36)/t15-,18?,19+,20?,22-/m0/s1. The minimum Gasteiger partial charge on any atom is -0.490 e. The molecule has 0 radical (unpaired) electrons. The van der Waals surface area contributed by atoms with Gasteiger partial charge in [0.2, 0.25) is 0 Å². The molecule has 0 amide bonds. The second kappa shape index (κ2) is 9.70. The van der Waals surface area contributed by atoms with Crippen LogP contribution in [0.25, 0.3) is 10.8 Å². The number of rotatable bonds is 6. The Hall–Kier alpha value is -2.45. The van der Waals surface area contributed by atoms with E-state index >= 15 is 0 Å². The van der Waals surface area contributed by atoms with Crippen LogP contribution in [0.15, 0.2) is 30.3 Å². The molecule has 2 aromatic carbocycles. The Morgan fingerprint density at radius 2 is 1.68 bits per heavy atom. The molecular formula is C28H32F6O3. The Kier molecular flexibility index (Phi) is 7.23. The van der Waals surface area contributed by atoms with Crippen molar-refractivity contribution in [1.29, 1.82) is 0 Å². The Bertz CT molecular complexity index is 1150. The summed E-state index contributed by atoms with van der Waals surface area (Å²) >= 11 is 0. The van der Waals surface area contributed by atoms with E-state index in [1.165, 1.54) is 12.1 Å². The predicted octanol–water partition coefficient (Wildman–Crippen LogP) is 8.60.